The van der Waals surface area contributed by atoms with Gasteiger partial charge >= 0.3 is 5.97 Å². The molecule has 0 spiro atoms. The van der Waals surface area contributed by atoms with E-state index in [1.54, 1.807) is 13.1 Å². The molecule has 92 valence electrons. The van der Waals surface area contributed by atoms with E-state index in [1.807, 2.05) is 13.8 Å². The van der Waals surface area contributed by atoms with Gasteiger partial charge in [-0.3, -0.25) is 4.79 Å². The molecule has 0 bridgehead atoms. The van der Waals surface area contributed by atoms with Crippen LogP contribution in [0.1, 0.15) is 24.3 Å². The van der Waals surface area contributed by atoms with Crippen LogP contribution in [0.5, 0.6) is 0 Å². The number of hydrogen-bond acceptors (Lipinski definition) is 4. The molecule has 1 amide bonds. The summed E-state index contributed by atoms with van der Waals surface area (Å²) in [6.07, 6.45) is 1.48. The summed E-state index contributed by atoms with van der Waals surface area (Å²) in [5.74, 6) is -0.640. The van der Waals surface area contributed by atoms with Crippen molar-refractivity contribution in [2.24, 2.45) is 5.92 Å². The van der Waals surface area contributed by atoms with Crippen LogP contribution in [0.15, 0.2) is 18.3 Å². The SMILES string of the molecule is COC(=O)c1cc(N(C)C(=O)C(C)C)ccn1. The van der Waals surface area contributed by atoms with E-state index >= 15 is 0 Å². The molecule has 0 atom stereocenters. The van der Waals surface area contributed by atoms with E-state index in [0.29, 0.717) is 5.69 Å². The van der Waals surface area contributed by atoms with Gasteiger partial charge in [0.15, 0.2) is 0 Å². The van der Waals surface area contributed by atoms with Crippen molar-refractivity contribution in [1.82, 2.24) is 4.98 Å². The van der Waals surface area contributed by atoms with Crippen LogP contribution in [0.25, 0.3) is 0 Å². The zero-order valence-corrected chi connectivity index (χ0v) is 10.4. The third-order valence-corrected chi connectivity index (χ3v) is 2.35. The number of aromatic nitrogens is 1. The molecule has 0 N–H and O–H groups in total. The fourth-order valence-electron chi connectivity index (χ4n) is 1.36. The molecule has 0 fully saturated rings. The van der Waals surface area contributed by atoms with E-state index in [2.05, 4.69) is 9.72 Å². The number of esters is 1. The fraction of sp³-hybridized carbons (Fsp3) is 0.417. The molecule has 1 rings (SSSR count). The minimum Gasteiger partial charge on any atom is -0.464 e. The van der Waals surface area contributed by atoms with E-state index in [1.165, 1.54) is 24.3 Å². The Morgan fingerprint density at radius 1 is 1.41 bits per heavy atom. The third kappa shape index (κ3) is 3.03. The Kier molecular flexibility index (Phi) is 4.20. The summed E-state index contributed by atoms with van der Waals surface area (Å²) < 4.78 is 4.57. The van der Waals surface area contributed by atoms with Crippen molar-refractivity contribution in [2.45, 2.75) is 13.8 Å². The highest BCUT2D eigenvalue weighted by atomic mass is 16.5. The molecular weight excluding hydrogens is 220 g/mol. The van der Waals surface area contributed by atoms with Gasteiger partial charge < -0.3 is 9.64 Å². The van der Waals surface area contributed by atoms with Gasteiger partial charge in [-0.2, -0.15) is 0 Å². The quantitative estimate of drug-likeness (QED) is 0.746. The molecule has 5 nitrogen and oxygen atoms in total. The summed E-state index contributed by atoms with van der Waals surface area (Å²) in [5, 5.41) is 0. The number of carbonyl (C=O) groups excluding carboxylic acids is 2. The zero-order valence-electron chi connectivity index (χ0n) is 10.4. The second-order valence-electron chi connectivity index (χ2n) is 3.94. The van der Waals surface area contributed by atoms with E-state index in [-0.39, 0.29) is 17.5 Å². The number of ether oxygens (including phenoxy) is 1. The molecule has 1 heterocycles. The molecule has 0 radical (unpaired) electrons. The van der Waals surface area contributed by atoms with Gasteiger partial charge in [-0.1, -0.05) is 13.8 Å². The maximum absolute atomic E-state index is 11.8. The van der Waals surface area contributed by atoms with E-state index in [4.69, 9.17) is 0 Å². The molecule has 0 aliphatic carbocycles. The third-order valence-electron chi connectivity index (χ3n) is 2.35. The maximum Gasteiger partial charge on any atom is 0.356 e. The first kappa shape index (κ1) is 13.2. The van der Waals surface area contributed by atoms with Crippen molar-refractivity contribution in [3.63, 3.8) is 0 Å². The van der Waals surface area contributed by atoms with Crippen molar-refractivity contribution < 1.29 is 14.3 Å². The Morgan fingerprint density at radius 3 is 2.59 bits per heavy atom. The molecule has 0 saturated heterocycles. The van der Waals surface area contributed by atoms with Gasteiger partial charge in [-0.25, -0.2) is 9.78 Å². The highest BCUT2D eigenvalue weighted by molar-refractivity contribution is 5.95. The lowest BCUT2D eigenvalue weighted by Gasteiger charge is -2.19. The number of hydrogen-bond donors (Lipinski definition) is 0. The van der Waals surface area contributed by atoms with Gasteiger partial charge in [0, 0.05) is 24.8 Å². The van der Waals surface area contributed by atoms with Crippen LogP contribution >= 0.6 is 0 Å². The second-order valence-corrected chi connectivity index (χ2v) is 3.94. The van der Waals surface area contributed by atoms with Crippen LogP contribution in [0.3, 0.4) is 0 Å². The van der Waals surface area contributed by atoms with Gasteiger partial charge in [-0.05, 0) is 12.1 Å². The fourth-order valence-corrected chi connectivity index (χ4v) is 1.36. The Morgan fingerprint density at radius 2 is 2.06 bits per heavy atom. The lowest BCUT2D eigenvalue weighted by atomic mass is 10.2. The van der Waals surface area contributed by atoms with Crippen molar-refractivity contribution in [1.29, 1.82) is 0 Å². The largest absolute Gasteiger partial charge is 0.464 e. The number of pyridine rings is 1. The van der Waals surface area contributed by atoms with Crippen molar-refractivity contribution in [3.05, 3.63) is 24.0 Å². The number of rotatable bonds is 3. The van der Waals surface area contributed by atoms with Crippen molar-refractivity contribution >= 4 is 17.6 Å². The second kappa shape index (κ2) is 5.43. The van der Waals surface area contributed by atoms with Gasteiger partial charge in [-0.15, -0.1) is 0 Å². The topological polar surface area (TPSA) is 59.5 Å². The number of anilines is 1. The Labute approximate surface area is 100 Å². The summed E-state index contributed by atoms with van der Waals surface area (Å²) in [5.41, 5.74) is 0.813. The van der Waals surface area contributed by atoms with E-state index in [0.717, 1.165) is 0 Å². The molecule has 0 aliphatic rings. The van der Waals surface area contributed by atoms with E-state index < -0.39 is 5.97 Å². The minimum absolute atomic E-state index is 0.0213. The summed E-state index contributed by atoms with van der Waals surface area (Å²) >= 11 is 0. The monoisotopic (exact) mass is 236 g/mol. The van der Waals surface area contributed by atoms with Crippen molar-refractivity contribution in [2.75, 3.05) is 19.1 Å². The van der Waals surface area contributed by atoms with Gasteiger partial charge in [0.1, 0.15) is 5.69 Å². The summed E-state index contributed by atoms with van der Waals surface area (Å²) in [6, 6.07) is 3.21. The number of amides is 1. The van der Waals surface area contributed by atoms with Crippen LogP contribution in [0, 0.1) is 5.92 Å². The highest BCUT2D eigenvalue weighted by Crippen LogP contribution is 2.15. The number of carbonyl (C=O) groups is 2. The predicted molar refractivity (Wildman–Crippen MR) is 63.8 cm³/mol. The first-order chi connectivity index (χ1) is 7.97. The Bertz CT molecular complexity index is 430. The molecule has 17 heavy (non-hydrogen) atoms. The van der Waals surface area contributed by atoms with Crippen LogP contribution in [-0.2, 0) is 9.53 Å². The molecule has 1 aromatic rings. The normalized spacial score (nSPS) is 10.2. The van der Waals surface area contributed by atoms with Gasteiger partial charge in [0.05, 0.1) is 7.11 Å². The number of methoxy groups -OCH3 is 1. The Balaban J connectivity index is 2.99. The minimum atomic E-state index is -0.516. The summed E-state index contributed by atoms with van der Waals surface area (Å²) in [6.45, 7) is 3.64. The zero-order chi connectivity index (χ0) is 13.0. The lowest BCUT2D eigenvalue weighted by Crippen LogP contribution is -2.30. The molecule has 0 saturated carbocycles. The van der Waals surface area contributed by atoms with Crippen LogP contribution < -0.4 is 4.90 Å². The molecule has 5 heteroatoms. The molecule has 0 aliphatic heterocycles. The average molecular weight is 236 g/mol. The summed E-state index contributed by atoms with van der Waals surface area (Å²) in [7, 11) is 2.96. The smallest absolute Gasteiger partial charge is 0.356 e. The summed E-state index contributed by atoms with van der Waals surface area (Å²) in [4.78, 5) is 28.5. The number of nitrogens with zero attached hydrogens (tertiary/aromatic N) is 2. The van der Waals surface area contributed by atoms with Gasteiger partial charge in [0.25, 0.3) is 0 Å². The van der Waals surface area contributed by atoms with Crippen LogP contribution in [0.4, 0.5) is 5.69 Å². The average Bonchev–Trinajstić information content (AvgIpc) is 2.36. The Hall–Kier alpha value is -1.91. The first-order valence-electron chi connectivity index (χ1n) is 5.29. The highest BCUT2D eigenvalue weighted by Gasteiger charge is 2.16. The lowest BCUT2D eigenvalue weighted by molar-refractivity contribution is -0.121. The van der Waals surface area contributed by atoms with E-state index in [9.17, 15) is 9.59 Å². The maximum atomic E-state index is 11.8. The van der Waals surface area contributed by atoms with Crippen LogP contribution in [0.2, 0.25) is 0 Å². The first-order valence-corrected chi connectivity index (χ1v) is 5.29. The molecule has 0 aromatic carbocycles. The van der Waals surface area contributed by atoms with Crippen molar-refractivity contribution in [3.8, 4) is 0 Å². The predicted octanol–water partition coefficient (Wildman–Crippen LogP) is 1.49. The van der Waals surface area contributed by atoms with Crippen LogP contribution in [-0.4, -0.2) is 31.0 Å². The molecular formula is C12H16N2O3. The standard InChI is InChI=1S/C12H16N2O3/c1-8(2)11(15)14(3)9-5-6-13-10(7-9)12(16)17-4/h5-8H,1-4H3. The van der Waals surface area contributed by atoms with Gasteiger partial charge in [0.2, 0.25) is 5.91 Å². The molecule has 1 aromatic heterocycles. The molecule has 0 unspecified atom stereocenters.